The lowest BCUT2D eigenvalue weighted by atomic mass is 9.98. The lowest BCUT2D eigenvalue weighted by Gasteiger charge is -2.29. The fourth-order valence-electron chi connectivity index (χ4n) is 1.54. The average molecular weight is 219 g/mol. The van der Waals surface area contributed by atoms with Gasteiger partial charge in [-0.05, 0) is 20.8 Å². The van der Waals surface area contributed by atoms with E-state index < -0.39 is 29.9 Å². The van der Waals surface area contributed by atoms with Crippen molar-refractivity contribution in [3.63, 3.8) is 0 Å². The van der Waals surface area contributed by atoms with Crippen LogP contribution in [0.25, 0.3) is 0 Å². The summed E-state index contributed by atoms with van der Waals surface area (Å²) in [5, 5.41) is 11.9. The zero-order valence-corrected chi connectivity index (χ0v) is 9.34. The van der Waals surface area contributed by atoms with Crippen LogP contribution >= 0.6 is 0 Å². The van der Waals surface area contributed by atoms with E-state index in [9.17, 15) is 14.3 Å². The molecule has 2 atom stereocenters. The first kappa shape index (κ1) is 12.4. The second-order valence-electron chi connectivity index (χ2n) is 4.92. The molecule has 4 nitrogen and oxygen atoms in total. The molecule has 0 radical (unpaired) electrons. The Kier molecular flexibility index (Phi) is 3.35. The fourth-order valence-corrected chi connectivity index (χ4v) is 1.54. The minimum absolute atomic E-state index is 0.0294. The van der Waals surface area contributed by atoms with Crippen LogP contribution in [0.4, 0.5) is 4.39 Å². The first-order chi connectivity index (χ1) is 6.79. The second-order valence-corrected chi connectivity index (χ2v) is 4.92. The molecule has 1 aliphatic rings. The summed E-state index contributed by atoms with van der Waals surface area (Å²) in [6.45, 7) is 4.84. The Labute approximate surface area is 88.8 Å². The van der Waals surface area contributed by atoms with Crippen LogP contribution in [0.15, 0.2) is 0 Å². The number of ether oxygens (including phenoxy) is 1. The van der Waals surface area contributed by atoms with Gasteiger partial charge in [0.1, 0.15) is 17.3 Å². The van der Waals surface area contributed by atoms with E-state index >= 15 is 0 Å². The lowest BCUT2D eigenvalue weighted by Crippen LogP contribution is -2.53. The summed E-state index contributed by atoms with van der Waals surface area (Å²) >= 11 is 0. The maximum Gasteiger partial charge on any atom is 0.329 e. The molecule has 1 aliphatic heterocycles. The predicted molar refractivity (Wildman–Crippen MR) is 53.2 cm³/mol. The van der Waals surface area contributed by atoms with Gasteiger partial charge in [0.05, 0.1) is 6.61 Å². The van der Waals surface area contributed by atoms with Crippen LogP contribution in [0, 0.1) is 0 Å². The highest BCUT2D eigenvalue weighted by molar-refractivity contribution is 5.82. The molecular formula is C10H18FNO3. The number of aliphatic hydroxyl groups is 1. The third-order valence-electron chi connectivity index (χ3n) is 2.29. The zero-order chi connectivity index (χ0) is 11.7. The minimum atomic E-state index is -1.26. The molecule has 88 valence electrons. The summed E-state index contributed by atoms with van der Waals surface area (Å²) in [4.78, 5) is 11.7. The van der Waals surface area contributed by atoms with Crippen molar-refractivity contribution in [3.05, 3.63) is 0 Å². The molecule has 0 aromatic rings. The van der Waals surface area contributed by atoms with Crippen molar-refractivity contribution in [3.8, 4) is 0 Å². The first-order valence-electron chi connectivity index (χ1n) is 5.02. The molecule has 1 fully saturated rings. The molecule has 5 heteroatoms. The van der Waals surface area contributed by atoms with E-state index in [1.54, 1.807) is 20.8 Å². The molecule has 0 aromatic carbocycles. The summed E-state index contributed by atoms with van der Waals surface area (Å²) < 4.78 is 18.2. The number of esters is 1. The number of alkyl halides is 1. The zero-order valence-electron chi connectivity index (χ0n) is 9.34. The van der Waals surface area contributed by atoms with Crippen molar-refractivity contribution in [1.29, 1.82) is 0 Å². The van der Waals surface area contributed by atoms with Gasteiger partial charge in [0.15, 0.2) is 0 Å². The van der Waals surface area contributed by atoms with Gasteiger partial charge >= 0.3 is 5.97 Å². The van der Waals surface area contributed by atoms with E-state index in [0.29, 0.717) is 0 Å². The van der Waals surface area contributed by atoms with Crippen LogP contribution in [-0.4, -0.2) is 41.5 Å². The molecule has 1 heterocycles. The molecule has 0 amide bonds. The van der Waals surface area contributed by atoms with Crippen molar-refractivity contribution in [1.82, 2.24) is 5.32 Å². The van der Waals surface area contributed by atoms with E-state index in [1.807, 2.05) is 0 Å². The van der Waals surface area contributed by atoms with E-state index in [4.69, 9.17) is 4.74 Å². The summed E-state index contributed by atoms with van der Waals surface area (Å²) in [6.07, 6.45) is -1.14. The SMILES string of the molecule is CC(C)(C)OC(=O)[C@@]1(CO)CC(F)CN1. The van der Waals surface area contributed by atoms with Gasteiger partial charge < -0.3 is 9.84 Å². The molecule has 0 bridgehead atoms. The van der Waals surface area contributed by atoms with Crippen LogP contribution in [0.1, 0.15) is 27.2 Å². The van der Waals surface area contributed by atoms with Gasteiger partial charge in [-0.25, -0.2) is 9.18 Å². The highest BCUT2D eigenvalue weighted by Crippen LogP contribution is 2.25. The molecule has 1 rings (SSSR count). The third kappa shape index (κ3) is 2.89. The van der Waals surface area contributed by atoms with Crippen molar-refractivity contribution in [2.24, 2.45) is 0 Å². The Morgan fingerprint density at radius 3 is 2.60 bits per heavy atom. The standard InChI is InChI=1S/C10H18FNO3/c1-9(2,3)15-8(14)10(6-13)4-7(11)5-12-10/h7,12-13H,4-6H2,1-3H3/t7?,10-/m0/s1. The number of carbonyl (C=O) groups excluding carboxylic acids is 1. The molecule has 1 saturated heterocycles. The maximum absolute atomic E-state index is 13.0. The highest BCUT2D eigenvalue weighted by atomic mass is 19.1. The predicted octanol–water partition coefficient (Wildman–Crippen LogP) is 0.391. The van der Waals surface area contributed by atoms with Crippen molar-refractivity contribution >= 4 is 5.97 Å². The molecule has 0 aromatic heterocycles. The normalized spacial score (nSPS) is 31.7. The number of carbonyl (C=O) groups is 1. The van der Waals surface area contributed by atoms with Gasteiger partial charge in [0.25, 0.3) is 0 Å². The number of halogens is 1. The Morgan fingerprint density at radius 2 is 2.27 bits per heavy atom. The number of rotatable bonds is 2. The Hall–Kier alpha value is -0.680. The number of hydrogen-bond acceptors (Lipinski definition) is 4. The van der Waals surface area contributed by atoms with Crippen LogP contribution in [0.5, 0.6) is 0 Å². The molecule has 15 heavy (non-hydrogen) atoms. The van der Waals surface area contributed by atoms with Crippen molar-refractivity contribution in [2.45, 2.75) is 44.5 Å². The van der Waals surface area contributed by atoms with Crippen molar-refractivity contribution < 1.29 is 19.0 Å². The number of hydrogen-bond donors (Lipinski definition) is 2. The maximum atomic E-state index is 13.0. The van der Waals surface area contributed by atoms with E-state index in [-0.39, 0.29) is 13.0 Å². The Morgan fingerprint density at radius 1 is 1.67 bits per heavy atom. The molecule has 0 saturated carbocycles. The minimum Gasteiger partial charge on any atom is -0.459 e. The third-order valence-corrected chi connectivity index (χ3v) is 2.29. The first-order valence-corrected chi connectivity index (χ1v) is 5.02. The van der Waals surface area contributed by atoms with Gasteiger partial charge in [-0.1, -0.05) is 0 Å². The van der Waals surface area contributed by atoms with Gasteiger partial charge in [-0.3, -0.25) is 5.32 Å². The van der Waals surface area contributed by atoms with E-state index in [2.05, 4.69) is 5.32 Å². The topological polar surface area (TPSA) is 58.6 Å². The van der Waals surface area contributed by atoms with Gasteiger partial charge in [-0.15, -0.1) is 0 Å². The highest BCUT2D eigenvalue weighted by Gasteiger charge is 2.47. The van der Waals surface area contributed by atoms with Crippen LogP contribution in [0.2, 0.25) is 0 Å². The quantitative estimate of drug-likeness (QED) is 0.660. The largest absolute Gasteiger partial charge is 0.459 e. The van der Waals surface area contributed by atoms with Crippen LogP contribution < -0.4 is 5.32 Å². The van der Waals surface area contributed by atoms with Crippen LogP contribution in [-0.2, 0) is 9.53 Å². The Bertz CT molecular complexity index is 252. The molecule has 2 N–H and O–H groups in total. The molecule has 0 aliphatic carbocycles. The summed E-state index contributed by atoms with van der Waals surface area (Å²) in [5.74, 6) is -0.586. The molecule has 1 unspecified atom stereocenters. The monoisotopic (exact) mass is 219 g/mol. The summed E-state index contributed by atoms with van der Waals surface area (Å²) in [5.41, 5.74) is -1.89. The lowest BCUT2D eigenvalue weighted by molar-refractivity contribution is -0.164. The number of aliphatic hydroxyl groups excluding tert-OH is 1. The van der Waals surface area contributed by atoms with Crippen LogP contribution in [0.3, 0.4) is 0 Å². The number of nitrogens with one attached hydrogen (secondary N) is 1. The van der Waals surface area contributed by atoms with Crippen molar-refractivity contribution in [2.75, 3.05) is 13.2 Å². The fraction of sp³-hybridized carbons (Fsp3) is 0.900. The summed E-state index contributed by atoms with van der Waals surface area (Å²) in [6, 6.07) is 0. The van der Waals surface area contributed by atoms with Gasteiger partial charge in [-0.2, -0.15) is 0 Å². The van der Waals surface area contributed by atoms with E-state index in [1.165, 1.54) is 0 Å². The van der Waals surface area contributed by atoms with E-state index in [0.717, 1.165) is 0 Å². The summed E-state index contributed by atoms with van der Waals surface area (Å²) in [7, 11) is 0. The van der Waals surface area contributed by atoms with Gasteiger partial charge in [0.2, 0.25) is 0 Å². The molecular weight excluding hydrogens is 201 g/mol. The smallest absolute Gasteiger partial charge is 0.329 e. The molecule has 0 spiro atoms. The second kappa shape index (κ2) is 4.06. The van der Waals surface area contributed by atoms with Gasteiger partial charge in [0, 0.05) is 13.0 Å². The Balaban J connectivity index is 2.71. The average Bonchev–Trinajstić information content (AvgIpc) is 2.45.